The molecule has 0 radical (unpaired) electrons. The van der Waals surface area contributed by atoms with Crippen LogP contribution < -0.4 is 10.6 Å². The average Bonchev–Trinajstić information content (AvgIpc) is 2.97. The van der Waals surface area contributed by atoms with Crippen molar-refractivity contribution in [1.82, 2.24) is 15.5 Å². The molecule has 2 rings (SSSR count). The zero-order valence-electron chi connectivity index (χ0n) is 13.6. The van der Waals surface area contributed by atoms with E-state index >= 15 is 0 Å². The number of halogens is 1. The predicted molar refractivity (Wildman–Crippen MR) is 94.5 cm³/mol. The molecule has 1 aliphatic rings. The second-order valence-electron chi connectivity index (χ2n) is 5.63. The third-order valence-electron chi connectivity index (χ3n) is 4.06. The monoisotopic (exact) mass is 322 g/mol. The summed E-state index contributed by atoms with van der Waals surface area (Å²) in [6.07, 6.45) is 2.57. The normalized spacial score (nSPS) is 19.4. The summed E-state index contributed by atoms with van der Waals surface area (Å²) in [6, 6.07) is 8.49. The maximum Gasteiger partial charge on any atom is 0.191 e. The molecular weight excluding hydrogens is 296 g/mol. The van der Waals surface area contributed by atoms with Crippen molar-refractivity contribution < 1.29 is 0 Å². The number of benzene rings is 1. The van der Waals surface area contributed by atoms with Crippen molar-refractivity contribution in [3.05, 3.63) is 34.9 Å². The minimum Gasteiger partial charge on any atom is -0.357 e. The standard InChI is InChI=1S/C17H27ClN4/c1-3-19-17(20-12-14-7-5-8-15(18)11-14)21-13-16-9-6-10-22(16)4-2/h5,7-8,11,16H,3-4,6,9-10,12-13H2,1-2H3,(H2,19,20,21). The van der Waals surface area contributed by atoms with Crippen molar-refractivity contribution in [2.45, 2.75) is 39.3 Å². The Morgan fingerprint density at radius 1 is 1.36 bits per heavy atom. The highest BCUT2D eigenvalue weighted by Gasteiger charge is 2.22. The van der Waals surface area contributed by atoms with Crippen molar-refractivity contribution in [3.8, 4) is 0 Å². The van der Waals surface area contributed by atoms with Crippen LogP contribution in [-0.4, -0.2) is 43.1 Å². The number of rotatable bonds is 6. The Kier molecular flexibility index (Phi) is 7.00. The topological polar surface area (TPSA) is 39.7 Å². The molecule has 0 aliphatic carbocycles. The van der Waals surface area contributed by atoms with Crippen LogP contribution in [0.1, 0.15) is 32.3 Å². The van der Waals surface area contributed by atoms with Crippen LogP contribution in [0.4, 0.5) is 0 Å². The zero-order valence-corrected chi connectivity index (χ0v) is 14.4. The van der Waals surface area contributed by atoms with Gasteiger partial charge in [0.2, 0.25) is 0 Å². The summed E-state index contributed by atoms with van der Waals surface area (Å²) in [5, 5.41) is 7.55. The summed E-state index contributed by atoms with van der Waals surface area (Å²) in [4.78, 5) is 7.19. The lowest BCUT2D eigenvalue weighted by Crippen LogP contribution is -2.44. The Morgan fingerprint density at radius 3 is 2.95 bits per heavy atom. The highest BCUT2D eigenvalue weighted by atomic mass is 35.5. The summed E-state index contributed by atoms with van der Waals surface area (Å²) >= 11 is 6.02. The van der Waals surface area contributed by atoms with Gasteiger partial charge in [0.05, 0.1) is 6.54 Å². The lowest BCUT2D eigenvalue weighted by atomic mass is 10.2. The van der Waals surface area contributed by atoms with Crippen LogP contribution in [0, 0.1) is 0 Å². The fraction of sp³-hybridized carbons (Fsp3) is 0.588. The Bertz CT molecular complexity index is 489. The SMILES string of the molecule is CCNC(=NCc1cccc(Cl)c1)NCC1CCCN1CC. The number of hydrogen-bond donors (Lipinski definition) is 2. The highest BCUT2D eigenvalue weighted by Crippen LogP contribution is 2.15. The summed E-state index contributed by atoms with van der Waals surface area (Å²) in [5.74, 6) is 0.880. The van der Waals surface area contributed by atoms with Crippen molar-refractivity contribution >= 4 is 17.6 Å². The Hall–Kier alpha value is -1.26. The van der Waals surface area contributed by atoms with Crippen molar-refractivity contribution in [2.24, 2.45) is 4.99 Å². The molecule has 1 aromatic rings. The van der Waals surface area contributed by atoms with Gasteiger partial charge in [-0.15, -0.1) is 0 Å². The molecule has 0 amide bonds. The van der Waals surface area contributed by atoms with E-state index in [0.717, 1.165) is 36.2 Å². The molecule has 5 heteroatoms. The molecule has 4 nitrogen and oxygen atoms in total. The maximum absolute atomic E-state index is 6.02. The van der Waals surface area contributed by atoms with E-state index < -0.39 is 0 Å². The molecule has 1 fully saturated rings. The number of nitrogens with one attached hydrogen (secondary N) is 2. The molecule has 0 spiro atoms. The fourth-order valence-corrected chi connectivity index (χ4v) is 3.12. The molecule has 1 atom stereocenters. The van der Waals surface area contributed by atoms with Gasteiger partial charge in [-0.05, 0) is 50.6 Å². The third-order valence-corrected chi connectivity index (χ3v) is 4.30. The van der Waals surface area contributed by atoms with E-state index in [-0.39, 0.29) is 0 Å². The van der Waals surface area contributed by atoms with Gasteiger partial charge in [-0.1, -0.05) is 30.7 Å². The minimum atomic E-state index is 0.625. The first-order chi connectivity index (χ1) is 10.7. The zero-order chi connectivity index (χ0) is 15.8. The molecule has 0 saturated carbocycles. The van der Waals surface area contributed by atoms with Crippen LogP contribution in [0.2, 0.25) is 5.02 Å². The molecule has 22 heavy (non-hydrogen) atoms. The van der Waals surface area contributed by atoms with Gasteiger partial charge in [0, 0.05) is 24.2 Å². The summed E-state index contributed by atoms with van der Waals surface area (Å²) in [5.41, 5.74) is 1.13. The minimum absolute atomic E-state index is 0.625. The van der Waals surface area contributed by atoms with Crippen molar-refractivity contribution in [2.75, 3.05) is 26.2 Å². The van der Waals surface area contributed by atoms with Gasteiger partial charge < -0.3 is 10.6 Å². The summed E-state index contributed by atoms with van der Waals surface area (Å²) < 4.78 is 0. The maximum atomic E-state index is 6.02. The lowest BCUT2D eigenvalue weighted by molar-refractivity contribution is 0.267. The average molecular weight is 323 g/mol. The molecule has 1 saturated heterocycles. The molecule has 1 aromatic carbocycles. The van der Waals surface area contributed by atoms with E-state index in [0.29, 0.717) is 12.6 Å². The van der Waals surface area contributed by atoms with Crippen LogP contribution in [0.3, 0.4) is 0 Å². The number of guanidine groups is 1. The lowest BCUT2D eigenvalue weighted by Gasteiger charge is -2.24. The predicted octanol–water partition coefficient (Wildman–Crippen LogP) is 2.88. The molecule has 0 aromatic heterocycles. The Balaban J connectivity index is 1.89. The smallest absolute Gasteiger partial charge is 0.191 e. The van der Waals surface area contributed by atoms with Crippen molar-refractivity contribution in [1.29, 1.82) is 0 Å². The summed E-state index contributed by atoms with van der Waals surface area (Å²) in [6.45, 7) is 9.12. The number of nitrogens with zero attached hydrogens (tertiary/aromatic N) is 2. The second kappa shape index (κ2) is 9.01. The van der Waals surface area contributed by atoms with Crippen LogP contribution in [0.5, 0.6) is 0 Å². The molecule has 0 bridgehead atoms. The Morgan fingerprint density at radius 2 is 2.23 bits per heavy atom. The van der Waals surface area contributed by atoms with Gasteiger partial charge in [0.15, 0.2) is 5.96 Å². The van der Waals surface area contributed by atoms with Crippen LogP contribution >= 0.6 is 11.6 Å². The van der Waals surface area contributed by atoms with E-state index in [9.17, 15) is 0 Å². The van der Waals surface area contributed by atoms with Gasteiger partial charge in [-0.25, -0.2) is 4.99 Å². The first-order valence-electron chi connectivity index (χ1n) is 8.23. The molecular formula is C17H27ClN4. The number of likely N-dealkylation sites (N-methyl/N-ethyl adjacent to an activating group) is 1. The van der Waals surface area contributed by atoms with Gasteiger partial charge in [-0.3, -0.25) is 4.90 Å². The van der Waals surface area contributed by atoms with Crippen LogP contribution in [-0.2, 0) is 6.54 Å². The molecule has 1 heterocycles. The number of hydrogen-bond acceptors (Lipinski definition) is 2. The summed E-state index contributed by atoms with van der Waals surface area (Å²) in [7, 11) is 0. The molecule has 2 N–H and O–H groups in total. The highest BCUT2D eigenvalue weighted by molar-refractivity contribution is 6.30. The van der Waals surface area contributed by atoms with Gasteiger partial charge in [0.25, 0.3) is 0 Å². The van der Waals surface area contributed by atoms with E-state index in [4.69, 9.17) is 11.6 Å². The van der Waals surface area contributed by atoms with E-state index in [1.807, 2.05) is 18.2 Å². The quantitative estimate of drug-likeness (QED) is 0.625. The molecule has 1 aliphatic heterocycles. The van der Waals surface area contributed by atoms with Crippen molar-refractivity contribution in [3.63, 3.8) is 0 Å². The molecule has 1 unspecified atom stereocenters. The first kappa shape index (κ1) is 17.1. The van der Waals surface area contributed by atoms with E-state index in [1.54, 1.807) is 0 Å². The Labute approximate surface area is 138 Å². The number of likely N-dealkylation sites (tertiary alicyclic amines) is 1. The van der Waals surface area contributed by atoms with Crippen LogP contribution in [0.25, 0.3) is 0 Å². The molecule has 122 valence electrons. The third kappa shape index (κ3) is 5.18. The first-order valence-corrected chi connectivity index (χ1v) is 8.61. The fourth-order valence-electron chi connectivity index (χ4n) is 2.90. The van der Waals surface area contributed by atoms with Gasteiger partial charge >= 0.3 is 0 Å². The van der Waals surface area contributed by atoms with E-state index in [1.165, 1.54) is 19.4 Å². The van der Waals surface area contributed by atoms with Gasteiger partial charge in [0.1, 0.15) is 0 Å². The second-order valence-corrected chi connectivity index (χ2v) is 6.07. The largest absolute Gasteiger partial charge is 0.357 e. The van der Waals surface area contributed by atoms with E-state index in [2.05, 4.69) is 40.4 Å². The van der Waals surface area contributed by atoms with Crippen LogP contribution in [0.15, 0.2) is 29.3 Å². The number of aliphatic imine (C=N–C) groups is 1. The van der Waals surface area contributed by atoms with Gasteiger partial charge in [-0.2, -0.15) is 0 Å².